The zero-order valence-corrected chi connectivity index (χ0v) is 9.65. The van der Waals surface area contributed by atoms with E-state index in [2.05, 4.69) is 23.2 Å². The Morgan fingerprint density at radius 2 is 2.50 bits per heavy atom. The monoisotopic (exact) mass is 213 g/mol. The van der Waals surface area contributed by atoms with Gasteiger partial charge in [-0.3, -0.25) is 4.90 Å². The molecule has 1 fully saturated rings. The Morgan fingerprint density at radius 3 is 3.21 bits per heavy atom. The second kappa shape index (κ2) is 7.10. The summed E-state index contributed by atoms with van der Waals surface area (Å²) in [7, 11) is 0. The molecule has 0 aromatic rings. The van der Waals surface area contributed by atoms with Crippen molar-refractivity contribution < 1.29 is 0 Å². The smallest absolute Gasteiger partial charge is 0.110 e. The molecule has 1 aliphatic heterocycles. The lowest BCUT2D eigenvalue weighted by molar-refractivity contribution is 0.198. The Kier molecular flexibility index (Phi) is 6.00. The van der Waals surface area contributed by atoms with Gasteiger partial charge in [-0.05, 0) is 17.9 Å². The summed E-state index contributed by atoms with van der Waals surface area (Å²) in [5.41, 5.74) is 0. The van der Waals surface area contributed by atoms with Crippen LogP contribution in [0.15, 0.2) is 0 Å². The second-order valence-corrected chi connectivity index (χ2v) is 4.83. The molecular weight excluding hydrogens is 194 g/mol. The molecule has 1 unspecified atom stereocenters. The predicted molar refractivity (Wildman–Crippen MR) is 61.5 cm³/mol. The molecule has 0 saturated carbocycles. The fourth-order valence-corrected chi connectivity index (χ4v) is 2.28. The molecule has 0 amide bonds. The molecule has 0 bridgehead atoms. The van der Waals surface area contributed by atoms with E-state index in [0.29, 0.717) is 0 Å². The van der Waals surface area contributed by atoms with Crippen LogP contribution in [0.2, 0.25) is 0 Å². The summed E-state index contributed by atoms with van der Waals surface area (Å²) in [5, 5.41) is 12.2. The lowest BCUT2D eigenvalue weighted by Gasteiger charge is -2.31. The average molecular weight is 213 g/mol. The zero-order chi connectivity index (χ0) is 10.2. The number of nitrogens with zero attached hydrogens (tertiary/aromatic N) is 2. The van der Waals surface area contributed by atoms with Crippen molar-refractivity contribution in [2.75, 3.05) is 37.7 Å². The van der Waals surface area contributed by atoms with E-state index in [1.54, 1.807) is 0 Å². The summed E-state index contributed by atoms with van der Waals surface area (Å²) in [5.74, 6) is 2.42. The highest BCUT2D eigenvalue weighted by atomic mass is 32.2. The molecule has 1 N–H and O–H groups in total. The molecule has 0 aliphatic carbocycles. The van der Waals surface area contributed by atoms with Crippen LogP contribution < -0.4 is 5.32 Å². The first-order valence-corrected chi connectivity index (χ1v) is 6.46. The average Bonchev–Trinajstić information content (AvgIpc) is 2.25. The van der Waals surface area contributed by atoms with Crippen LogP contribution in [0.25, 0.3) is 0 Å². The van der Waals surface area contributed by atoms with Gasteiger partial charge in [0.25, 0.3) is 0 Å². The van der Waals surface area contributed by atoms with Crippen LogP contribution in [0.5, 0.6) is 0 Å². The van der Waals surface area contributed by atoms with Crippen LogP contribution in [-0.2, 0) is 0 Å². The summed E-state index contributed by atoms with van der Waals surface area (Å²) in [6.45, 7) is 6.14. The van der Waals surface area contributed by atoms with Gasteiger partial charge in [0.2, 0.25) is 0 Å². The van der Waals surface area contributed by atoms with E-state index in [1.807, 2.05) is 11.8 Å². The minimum Gasteiger partial charge on any atom is -0.313 e. The molecule has 0 aromatic carbocycles. The molecule has 1 aliphatic rings. The Morgan fingerprint density at radius 1 is 1.64 bits per heavy atom. The van der Waals surface area contributed by atoms with Gasteiger partial charge in [0.1, 0.15) is 6.04 Å². The molecular formula is C10H19N3S. The number of nitriles is 1. The summed E-state index contributed by atoms with van der Waals surface area (Å²) < 4.78 is 0. The molecule has 0 spiro atoms. The third kappa shape index (κ3) is 3.87. The van der Waals surface area contributed by atoms with Crippen molar-refractivity contribution in [2.24, 2.45) is 0 Å². The van der Waals surface area contributed by atoms with E-state index in [0.717, 1.165) is 26.2 Å². The molecule has 14 heavy (non-hydrogen) atoms. The van der Waals surface area contributed by atoms with Crippen LogP contribution >= 0.6 is 11.8 Å². The summed E-state index contributed by atoms with van der Waals surface area (Å²) in [6, 6.07) is 2.44. The van der Waals surface area contributed by atoms with Gasteiger partial charge >= 0.3 is 0 Å². The van der Waals surface area contributed by atoms with E-state index in [9.17, 15) is 0 Å². The summed E-state index contributed by atoms with van der Waals surface area (Å²) in [6.07, 6.45) is 1.21. The SMILES string of the molecule is CCSCCCN1CCNCC1C#N. The van der Waals surface area contributed by atoms with Crippen LogP contribution in [0.3, 0.4) is 0 Å². The largest absolute Gasteiger partial charge is 0.313 e. The maximum atomic E-state index is 8.93. The third-order valence-electron chi connectivity index (χ3n) is 2.44. The molecule has 0 aromatic heterocycles. The normalized spacial score (nSPS) is 23.3. The minimum absolute atomic E-state index is 0.0929. The molecule has 1 saturated heterocycles. The van der Waals surface area contributed by atoms with Gasteiger partial charge in [-0.25, -0.2) is 0 Å². The predicted octanol–water partition coefficient (Wildman–Crippen LogP) is 0.927. The second-order valence-electron chi connectivity index (χ2n) is 3.44. The Hall–Kier alpha value is -0.240. The maximum absolute atomic E-state index is 8.93. The van der Waals surface area contributed by atoms with Gasteiger partial charge in [-0.1, -0.05) is 6.92 Å². The number of piperazine rings is 1. The van der Waals surface area contributed by atoms with Gasteiger partial charge in [0.15, 0.2) is 0 Å². The number of hydrogen-bond acceptors (Lipinski definition) is 4. The lowest BCUT2D eigenvalue weighted by Crippen LogP contribution is -2.50. The van der Waals surface area contributed by atoms with E-state index in [1.165, 1.54) is 17.9 Å². The van der Waals surface area contributed by atoms with Gasteiger partial charge in [-0.15, -0.1) is 0 Å². The first kappa shape index (κ1) is 11.8. The van der Waals surface area contributed by atoms with Gasteiger partial charge in [0, 0.05) is 26.2 Å². The van der Waals surface area contributed by atoms with Crippen molar-refractivity contribution in [3.63, 3.8) is 0 Å². The molecule has 0 radical (unpaired) electrons. The van der Waals surface area contributed by atoms with E-state index in [-0.39, 0.29) is 6.04 Å². The van der Waals surface area contributed by atoms with E-state index >= 15 is 0 Å². The van der Waals surface area contributed by atoms with E-state index < -0.39 is 0 Å². The third-order valence-corrected chi connectivity index (χ3v) is 3.43. The van der Waals surface area contributed by atoms with Gasteiger partial charge in [-0.2, -0.15) is 17.0 Å². The number of rotatable bonds is 5. The molecule has 3 nitrogen and oxygen atoms in total. The Labute approximate surface area is 90.8 Å². The van der Waals surface area contributed by atoms with Crippen molar-refractivity contribution in [2.45, 2.75) is 19.4 Å². The van der Waals surface area contributed by atoms with Crippen molar-refractivity contribution in [1.82, 2.24) is 10.2 Å². The van der Waals surface area contributed by atoms with Crippen molar-refractivity contribution in [1.29, 1.82) is 5.26 Å². The van der Waals surface area contributed by atoms with Crippen molar-refractivity contribution in [3.8, 4) is 6.07 Å². The number of nitrogens with one attached hydrogen (secondary N) is 1. The highest BCUT2D eigenvalue weighted by molar-refractivity contribution is 7.99. The fraction of sp³-hybridized carbons (Fsp3) is 0.900. The van der Waals surface area contributed by atoms with Gasteiger partial charge < -0.3 is 5.32 Å². The summed E-state index contributed by atoms with van der Waals surface area (Å²) >= 11 is 1.98. The quantitative estimate of drug-likeness (QED) is 0.690. The van der Waals surface area contributed by atoms with Crippen LogP contribution in [0.4, 0.5) is 0 Å². The Balaban J connectivity index is 2.17. The highest BCUT2D eigenvalue weighted by Gasteiger charge is 2.20. The minimum atomic E-state index is 0.0929. The first-order valence-electron chi connectivity index (χ1n) is 5.30. The van der Waals surface area contributed by atoms with Crippen molar-refractivity contribution >= 4 is 11.8 Å². The van der Waals surface area contributed by atoms with Crippen LogP contribution in [0, 0.1) is 11.3 Å². The highest BCUT2D eigenvalue weighted by Crippen LogP contribution is 2.06. The zero-order valence-electron chi connectivity index (χ0n) is 8.83. The van der Waals surface area contributed by atoms with Crippen LogP contribution in [0.1, 0.15) is 13.3 Å². The maximum Gasteiger partial charge on any atom is 0.110 e. The first-order chi connectivity index (χ1) is 6.88. The molecule has 1 atom stereocenters. The summed E-state index contributed by atoms with van der Waals surface area (Å²) in [4.78, 5) is 2.30. The molecule has 1 rings (SSSR count). The molecule has 80 valence electrons. The van der Waals surface area contributed by atoms with Crippen molar-refractivity contribution in [3.05, 3.63) is 0 Å². The Bertz CT molecular complexity index is 190. The lowest BCUT2D eigenvalue weighted by atomic mass is 10.2. The molecule has 1 heterocycles. The van der Waals surface area contributed by atoms with E-state index in [4.69, 9.17) is 5.26 Å². The fourth-order valence-electron chi connectivity index (χ4n) is 1.66. The number of hydrogen-bond donors (Lipinski definition) is 1. The van der Waals surface area contributed by atoms with Gasteiger partial charge in [0.05, 0.1) is 6.07 Å². The topological polar surface area (TPSA) is 39.1 Å². The van der Waals surface area contributed by atoms with Crippen LogP contribution in [-0.4, -0.2) is 48.6 Å². The standard InChI is InChI=1S/C10H19N3S/c1-2-14-7-3-5-13-6-4-12-9-10(13)8-11/h10,12H,2-7,9H2,1H3. The number of thioether (sulfide) groups is 1. The molecule has 4 heteroatoms.